The van der Waals surface area contributed by atoms with Gasteiger partial charge in [0, 0.05) is 13.1 Å². The zero-order valence-electron chi connectivity index (χ0n) is 15.3. The maximum absolute atomic E-state index is 13.3. The zero-order chi connectivity index (χ0) is 18.3. The predicted octanol–water partition coefficient (Wildman–Crippen LogP) is 2.82. The third kappa shape index (κ3) is 2.73. The van der Waals surface area contributed by atoms with Gasteiger partial charge in [0.2, 0.25) is 0 Å². The van der Waals surface area contributed by atoms with Gasteiger partial charge in [-0.25, -0.2) is 4.79 Å². The van der Waals surface area contributed by atoms with Gasteiger partial charge < -0.3 is 15.0 Å². The molecule has 1 aromatic rings. The summed E-state index contributed by atoms with van der Waals surface area (Å²) >= 11 is 0. The van der Waals surface area contributed by atoms with Crippen LogP contribution in [-0.4, -0.2) is 48.5 Å². The Morgan fingerprint density at radius 3 is 2.42 bits per heavy atom. The van der Waals surface area contributed by atoms with Crippen LogP contribution < -0.4 is 10.1 Å². The van der Waals surface area contributed by atoms with Crippen molar-refractivity contribution in [1.82, 2.24) is 15.1 Å². The molecule has 0 radical (unpaired) electrons. The van der Waals surface area contributed by atoms with E-state index in [1.807, 2.05) is 29.2 Å². The maximum atomic E-state index is 13.3. The van der Waals surface area contributed by atoms with Gasteiger partial charge in [-0.05, 0) is 30.5 Å². The largest absolute Gasteiger partial charge is 0.497 e. The minimum atomic E-state index is -0.402. The van der Waals surface area contributed by atoms with Crippen LogP contribution in [0.3, 0.4) is 0 Å². The molecule has 3 aliphatic rings. The first-order valence-corrected chi connectivity index (χ1v) is 9.32. The first-order valence-electron chi connectivity index (χ1n) is 9.32. The molecule has 2 aliphatic heterocycles. The normalized spacial score (nSPS) is 24.0. The number of nitrogens with one attached hydrogen (secondary N) is 1. The highest BCUT2D eigenvalue weighted by Crippen LogP contribution is 2.38. The van der Waals surface area contributed by atoms with E-state index in [0.717, 1.165) is 29.9 Å². The fourth-order valence-corrected chi connectivity index (χ4v) is 4.32. The van der Waals surface area contributed by atoms with Crippen LogP contribution in [0.15, 0.2) is 35.5 Å². The number of amides is 3. The van der Waals surface area contributed by atoms with Crippen molar-refractivity contribution in [2.24, 2.45) is 0 Å². The van der Waals surface area contributed by atoms with E-state index in [1.54, 1.807) is 19.1 Å². The highest BCUT2D eigenvalue weighted by Gasteiger charge is 2.44. The van der Waals surface area contributed by atoms with Crippen LogP contribution in [0.2, 0.25) is 0 Å². The lowest BCUT2D eigenvalue weighted by Gasteiger charge is -2.31. The van der Waals surface area contributed by atoms with Crippen molar-refractivity contribution in [2.45, 2.75) is 44.2 Å². The molecule has 6 heteroatoms. The van der Waals surface area contributed by atoms with Gasteiger partial charge in [0.15, 0.2) is 0 Å². The molecule has 6 nitrogen and oxygen atoms in total. The molecule has 1 N–H and O–H groups in total. The van der Waals surface area contributed by atoms with Crippen LogP contribution in [-0.2, 0) is 4.79 Å². The number of hydrogen-bond acceptors (Lipinski definition) is 3. The summed E-state index contributed by atoms with van der Waals surface area (Å²) in [5, 5.41) is 2.99. The summed E-state index contributed by atoms with van der Waals surface area (Å²) in [5.41, 5.74) is 2.45. The quantitative estimate of drug-likeness (QED) is 0.907. The molecule has 26 heavy (non-hydrogen) atoms. The summed E-state index contributed by atoms with van der Waals surface area (Å²) in [4.78, 5) is 29.3. The molecule has 0 spiro atoms. The summed E-state index contributed by atoms with van der Waals surface area (Å²) in [5.74, 6) is 0.823. The molecule has 3 amide bonds. The minimum Gasteiger partial charge on any atom is -0.497 e. The fourth-order valence-electron chi connectivity index (χ4n) is 4.32. The highest BCUT2D eigenvalue weighted by molar-refractivity contribution is 6.01. The Bertz CT molecular complexity index is 750. The Kier molecular flexibility index (Phi) is 4.34. The molecule has 1 fully saturated rings. The average Bonchev–Trinajstić information content (AvgIpc) is 3.03. The van der Waals surface area contributed by atoms with Gasteiger partial charge in [-0.1, -0.05) is 31.4 Å². The third-order valence-electron chi connectivity index (χ3n) is 5.85. The Hall–Kier alpha value is -2.50. The number of rotatable bonds is 3. The van der Waals surface area contributed by atoms with E-state index in [9.17, 15) is 9.59 Å². The van der Waals surface area contributed by atoms with Gasteiger partial charge in [-0.2, -0.15) is 0 Å². The molecule has 138 valence electrons. The number of methoxy groups -OCH3 is 1. The molecule has 2 heterocycles. The number of likely N-dealkylation sites (N-methyl/N-ethyl adjacent to an activating group) is 1. The Morgan fingerprint density at radius 1 is 1.08 bits per heavy atom. The van der Waals surface area contributed by atoms with Crippen molar-refractivity contribution in [3.8, 4) is 5.75 Å². The van der Waals surface area contributed by atoms with Gasteiger partial charge >= 0.3 is 6.03 Å². The van der Waals surface area contributed by atoms with E-state index in [2.05, 4.69) is 5.32 Å². The van der Waals surface area contributed by atoms with Gasteiger partial charge in [0.1, 0.15) is 5.75 Å². The van der Waals surface area contributed by atoms with Gasteiger partial charge in [0.05, 0.1) is 31.0 Å². The Morgan fingerprint density at radius 2 is 1.77 bits per heavy atom. The number of ether oxygens (including phenoxy) is 1. The standard InChI is InChI=1S/C20H25N3O3/c1-22-16-12-23(14-6-4-3-5-7-14)19(24)17(16)18(21-20(22)25)13-8-10-15(26-2)11-9-13/h8-11,14,18H,3-7,12H2,1-2H3,(H,21,25)/t18-/m1/s1. The first-order chi connectivity index (χ1) is 12.6. The van der Waals surface area contributed by atoms with Crippen LogP contribution in [0.1, 0.15) is 43.7 Å². The van der Waals surface area contributed by atoms with Crippen molar-refractivity contribution < 1.29 is 14.3 Å². The lowest BCUT2D eigenvalue weighted by atomic mass is 9.93. The van der Waals surface area contributed by atoms with Crippen molar-refractivity contribution in [2.75, 3.05) is 20.7 Å². The van der Waals surface area contributed by atoms with Gasteiger partial charge in [-0.15, -0.1) is 0 Å². The molecule has 0 saturated heterocycles. The summed E-state index contributed by atoms with van der Waals surface area (Å²) in [6.07, 6.45) is 5.72. The monoisotopic (exact) mass is 355 g/mol. The molecule has 1 aromatic carbocycles. The second kappa shape index (κ2) is 6.67. The van der Waals surface area contributed by atoms with Crippen LogP contribution in [0.25, 0.3) is 0 Å². The Balaban J connectivity index is 1.67. The number of carbonyl (C=O) groups excluding carboxylic acids is 2. The van der Waals surface area contributed by atoms with Crippen LogP contribution in [0, 0.1) is 0 Å². The summed E-state index contributed by atoms with van der Waals surface area (Å²) < 4.78 is 5.22. The summed E-state index contributed by atoms with van der Waals surface area (Å²) in [6, 6.07) is 7.27. The average molecular weight is 355 g/mol. The van der Waals surface area contributed by atoms with E-state index >= 15 is 0 Å². The van der Waals surface area contributed by atoms with Crippen LogP contribution in [0.4, 0.5) is 4.79 Å². The van der Waals surface area contributed by atoms with E-state index in [-0.39, 0.29) is 11.9 Å². The molecule has 0 unspecified atom stereocenters. The SMILES string of the molecule is COc1ccc([C@H]2NC(=O)N(C)C3=C2C(=O)N(C2CCCCC2)C3)cc1. The van der Waals surface area contributed by atoms with Gasteiger partial charge in [0.25, 0.3) is 5.91 Å². The smallest absolute Gasteiger partial charge is 0.322 e. The third-order valence-corrected chi connectivity index (χ3v) is 5.85. The molecular weight excluding hydrogens is 330 g/mol. The van der Waals surface area contributed by atoms with Crippen LogP contribution in [0.5, 0.6) is 5.75 Å². The van der Waals surface area contributed by atoms with Crippen molar-refractivity contribution in [3.63, 3.8) is 0 Å². The molecule has 1 saturated carbocycles. The zero-order valence-corrected chi connectivity index (χ0v) is 15.3. The van der Waals surface area contributed by atoms with E-state index in [1.165, 1.54) is 19.3 Å². The number of hydrogen-bond donors (Lipinski definition) is 1. The molecule has 0 aromatic heterocycles. The second-order valence-corrected chi connectivity index (χ2v) is 7.30. The lowest BCUT2D eigenvalue weighted by Crippen LogP contribution is -2.45. The highest BCUT2D eigenvalue weighted by atomic mass is 16.5. The second-order valence-electron chi connectivity index (χ2n) is 7.30. The Labute approximate surface area is 153 Å². The number of benzene rings is 1. The minimum absolute atomic E-state index is 0.0690. The first kappa shape index (κ1) is 16.9. The topological polar surface area (TPSA) is 61.9 Å². The predicted molar refractivity (Wildman–Crippen MR) is 97.6 cm³/mol. The molecule has 0 bridgehead atoms. The fraction of sp³-hybridized carbons (Fsp3) is 0.500. The van der Waals surface area contributed by atoms with Crippen molar-refractivity contribution in [3.05, 3.63) is 41.1 Å². The lowest BCUT2D eigenvalue weighted by molar-refractivity contribution is -0.128. The number of carbonyl (C=O) groups is 2. The number of nitrogens with zero attached hydrogens (tertiary/aromatic N) is 2. The molecular formula is C20H25N3O3. The molecule has 4 rings (SSSR count). The summed E-state index contributed by atoms with van der Waals surface area (Å²) in [7, 11) is 3.36. The van der Waals surface area contributed by atoms with Gasteiger partial charge in [-0.3, -0.25) is 9.69 Å². The van der Waals surface area contributed by atoms with E-state index in [4.69, 9.17) is 4.74 Å². The van der Waals surface area contributed by atoms with E-state index < -0.39 is 6.04 Å². The van der Waals surface area contributed by atoms with Crippen molar-refractivity contribution in [1.29, 1.82) is 0 Å². The van der Waals surface area contributed by atoms with Crippen molar-refractivity contribution >= 4 is 11.9 Å². The number of urea groups is 1. The van der Waals surface area contributed by atoms with Crippen LogP contribution >= 0.6 is 0 Å². The maximum Gasteiger partial charge on any atom is 0.322 e. The molecule has 1 aliphatic carbocycles. The molecule has 1 atom stereocenters. The summed E-state index contributed by atoms with van der Waals surface area (Å²) in [6.45, 7) is 0.537. The van der Waals surface area contributed by atoms with E-state index in [0.29, 0.717) is 18.2 Å².